The maximum Gasteiger partial charge on any atom is 0.323 e. The highest BCUT2D eigenvalue weighted by atomic mass is 16.4. The van der Waals surface area contributed by atoms with Gasteiger partial charge in [-0.15, -0.1) is 0 Å². The second-order valence-corrected chi connectivity index (χ2v) is 5.59. The molecule has 0 amide bonds. The zero-order valence-electron chi connectivity index (χ0n) is 12.6. The summed E-state index contributed by atoms with van der Waals surface area (Å²) in [4.78, 5) is 16.2. The number of nitrogens with zero attached hydrogens (tertiary/aromatic N) is 2. The molecule has 1 aliphatic heterocycles. The third-order valence-electron chi connectivity index (χ3n) is 4.38. The molecule has 1 fully saturated rings. The highest BCUT2D eigenvalue weighted by Gasteiger charge is 2.34. The van der Waals surface area contributed by atoms with Gasteiger partial charge in [0.1, 0.15) is 5.54 Å². The molecule has 1 heterocycles. The molecule has 1 rings (SSSR count). The van der Waals surface area contributed by atoms with E-state index in [0.717, 1.165) is 32.6 Å². The lowest BCUT2D eigenvalue weighted by atomic mass is 9.90. The molecule has 1 saturated heterocycles. The molecule has 1 atom stereocenters. The average Bonchev–Trinajstić information content (AvgIpc) is 2.60. The Hall–Kier alpha value is -0.650. The van der Waals surface area contributed by atoms with Crippen molar-refractivity contribution < 1.29 is 9.90 Å². The standard InChI is InChI=1S/C14H29N3O2/c1-4-14(15-2,13(18)19)7-5-9-17-10-6-8-16(3)11-12-17/h15H,4-12H2,1-3H3,(H,18,19). The summed E-state index contributed by atoms with van der Waals surface area (Å²) in [5.74, 6) is -0.729. The SMILES string of the molecule is CCC(CCCN1CCCN(C)CC1)(NC)C(=O)O. The molecule has 5 heteroatoms. The van der Waals surface area contributed by atoms with Crippen molar-refractivity contribution >= 4 is 5.97 Å². The van der Waals surface area contributed by atoms with E-state index in [1.807, 2.05) is 6.92 Å². The average molecular weight is 271 g/mol. The van der Waals surface area contributed by atoms with Crippen molar-refractivity contribution in [2.24, 2.45) is 0 Å². The molecule has 0 bridgehead atoms. The van der Waals surface area contributed by atoms with Gasteiger partial charge in [-0.2, -0.15) is 0 Å². The predicted molar refractivity (Wildman–Crippen MR) is 77.5 cm³/mol. The van der Waals surface area contributed by atoms with Crippen LogP contribution < -0.4 is 5.32 Å². The lowest BCUT2D eigenvalue weighted by Gasteiger charge is -2.29. The van der Waals surface area contributed by atoms with Gasteiger partial charge in [0, 0.05) is 13.1 Å². The molecule has 1 unspecified atom stereocenters. The van der Waals surface area contributed by atoms with Crippen molar-refractivity contribution in [1.29, 1.82) is 0 Å². The number of carbonyl (C=O) groups is 1. The fourth-order valence-electron chi connectivity index (χ4n) is 2.77. The minimum Gasteiger partial charge on any atom is -0.480 e. The van der Waals surface area contributed by atoms with E-state index in [0.29, 0.717) is 12.8 Å². The number of hydrogen-bond acceptors (Lipinski definition) is 4. The second-order valence-electron chi connectivity index (χ2n) is 5.59. The Morgan fingerprint density at radius 3 is 2.63 bits per heavy atom. The van der Waals surface area contributed by atoms with E-state index in [2.05, 4.69) is 22.2 Å². The van der Waals surface area contributed by atoms with Gasteiger partial charge >= 0.3 is 5.97 Å². The van der Waals surface area contributed by atoms with Gasteiger partial charge in [0.2, 0.25) is 0 Å². The molecule has 112 valence electrons. The third-order valence-corrected chi connectivity index (χ3v) is 4.38. The molecular weight excluding hydrogens is 242 g/mol. The molecule has 0 aliphatic carbocycles. The third kappa shape index (κ3) is 4.75. The smallest absolute Gasteiger partial charge is 0.323 e. The molecular formula is C14H29N3O2. The largest absolute Gasteiger partial charge is 0.480 e. The van der Waals surface area contributed by atoms with Crippen LogP contribution in [-0.2, 0) is 4.79 Å². The number of likely N-dealkylation sites (N-methyl/N-ethyl adjacent to an activating group) is 2. The lowest BCUT2D eigenvalue weighted by molar-refractivity contribution is -0.145. The van der Waals surface area contributed by atoms with E-state index in [4.69, 9.17) is 0 Å². The number of carboxylic acids is 1. The Labute approximate surface area is 117 Å². The normalized spacial score (nSPS) is 21.8. The van der Waals surface area contributed by atoms with Gasteiger partial charge in [0.15, 0.2) is 0 Å². The van der Waals surface area contributed by atoms with Crippen LogP contribution in [0.4, 0.5) is 0 Å². The first-order valence-electron chi connectivity index (χ1n) is 7.37. The number of rotatable bonds is 7. The maximum atomic E-state index is 11.4. The molecule has 5 nitrogen and oxygen atoms in total. The van der Waals surface area contributed by atoms with Crippen LogP contribution in [0.2, 0.25) is 0 Å². The molecule has 1 aliphatic rings. The molecule has 0 aromatic carbocycles. The highest BCUT2D eigenvalue weighted by molar-refractivity contribution is 5.78. The van der Waals surface area contributed by atoms with Gasteiger partial charge in [-0.25, -0.2) is 0 Å². The summed E-state index contributed by atoms with van der Waals surface area (Å²) in [6.07, 6.45) is 3.47. The fourth-order valence-corrected chi connectivity index (χ4v) is 2.77. The van der Waals surface area contributed by atoms with Gasteiger partial charge in [-0.1, -0.05) is 6.92 Å². The fraction of sp³-hybridized carbons (Fsp3) is 0.929. The zero-order valence-corrected chi connectivity index (χ0v) is 12.6. The molecule has 0 spiro atoms. The van der Waals surface area contributed by atoms with Crippen LogP contribution >= 0.6 is 0 Å². The van der Waals surface area contributed by atoms with E-state index >= 15 is 0 Å². The minimum atomic E-state index is -0.747. The predicted octanol–water partition coefficient (Wildman–Crippen LogP) is 0.857. The number of nitrogens with one attached hydrogen (secondary N) is 1. The topological polar surface area (TPSA) is 55.8 Å². The lowest BCUT2D eigenvalue weighted by Crippen LogP contribution is -2.50. The van der Waals surface area contributed by atoms with Crippen LogP contribution in [0.3, 0.4) is 0 Å². The maximum absolute atomic E-state index is 11.4. The van der Waals surface area contributed by atoms with E-state index in [-0.39, 0.29) is 0 Å². The summed E-state index contributed by atoms with van der Waals surface area (Å²) in [6.45, 7) is 7.46. The summed E-state index contributed by atoms with van der Waals surface area (Å²) in [6, 6.07) is 0. The van der Waals surface area contributed by atoms with Gasteiger partial charge in [-0.05, 0) is 59.4 Å². The first-order valence-corrected chi connectivity index (χ1v) is 7.37. The summed E-state index contributed by atoms with van der Waals surface area (Å²) >= 11 is 0. The van der Waals surface area contributed by atoms with Crippen molar-refractivity contribution in [2.45, 2.75) is 38.1 Å². The summed E-state index contributed by atoms with van der Waals surface area (Å²) < 4.78 is 0. The van der Waals surface area contributed by atoms with Crippen LogP contribution in [0.25, 0.3) is 0 Å². The van der Waals surface area contributed by atoms with E-state index in [9.17, 15) is 9.90 Å². The van der Waals surface area contributed by atoms with Crippen LogP contribution in [0.5, 0.6) is 0 Å². The van der Waals surface area contributed by atoms with Crippen LogP contribution in [0.15, 0.2) is 0 Å². The Morgan fingerprint density at radius 2 is 2.05 bits per heavy atom. The van der Waals surface area contributed by atoms with Crippen LogP contribution in [0.1, 0.15) is 32.6 Å². The molecule has 0 aromatic rings. The molecule has 2 N–H and O–H groups in total. The zero-order chi connectivity index (χ0) is 14.3. The first kappa shape index (κ1) is 16.4. The molecule has 19 heavy (non-hydrogen) atoms. The van der Waals surface area contributed by atoms with E-state index < -0.39 is 11.5 Å². The molecule has 0 radical (unpaired) electrons. The van der Waals surface area contributed by atoms with Crippen LogP contribution in [-0.4, -0.2) is 73.2 Å². The second kappa shape index (κ2) is 7.82. The van der Waals surface area contributed by atoms with Crippen molar-refractivity contribution in [3.8, 4) is 0 Å². The van der Waals surface area contributed by atoms with Gasteiger partial charge in [-0.3, -0.25) is 4.79 Å². The Bertz CT molecular complexity index is 280. The molecule has 0 aromatic heterocycles. The monoisotopic (exact) mass is 271 g/mol. The summed E-state index contributed by atoms with van der Waals surface area (Å²) in [5.41, 5.74) is -0.747. The van der Waals surface area contributed by atoms with E-state index in [1.54, 1.807) is 7.05 Å². The minimum absolute atomic E-state index is 0.627. The number of hydrogen-bond donors (Lipinski definition) is 2. The van der Waals surface area contributed by atoms with Gasteiger partial charge in [0.25, 0.3) is 0 Å². The first-order chi connectivity index (χ1) is 9.04. The van der Waals surface area contributed by atoms with Crippen molar-refractivity contribution in [3.05, 3.63) is 0 Å². The number of carboxylic acid groups (broad SMARTS) is 1. The quantitative estimate of drug-likeness (QED) is 0.719. The van der Waals surface area contributed by atoms with Crippen molar-refractivity contribution in [2.75, 3.05) is 46.8 Å². The molecule has 0 saturated carbocycles. The van der Waals surface area contributed by atoms with Crippen LogP contribution in [0, 0.1) is 0 Å². The Morgan fingerprint density at radius 1 is 1.32 bits per heavy atom. The van der Waals surface area contributed by atoms with Crippen molar-refractivity contribution in [3.63, 3.8) is 0 Å². The van der Waals surface area contributed by atoms with E-state index in [1.165, 1.54) is 13.0 Å². The van der Waals surface area contributed by atoms with Gasteiger partial charge in [0.05, 0.1) is 0 Å². The summed E-state index contributed by atoms with van der Waals surface area (Å²) in [5, 5.41) is 12.4. The van der Waals surface area contributed by atoms with Crippen molar-refractivity contribution in [1.82, 2.24) is 15.1 Å². The Kier molecular flexibility index (Phi) is 6.75. The summed E-state index contributed by atoms with van der Waals surface area (Å²) in [7, 11) is 3.91. The Balaban J connectivity index is 2.37. The highest BCUT2D eigenvalue weighted by Crippen LogP contribution is 2.18. The van der Waals surface area contributed by atoms with Gasteiger partial charge < -0.3 is 20.2 Å². The number of aliphatic carboxylic acids is 1.